The minimum absolute atomic E-state index is 0.386. The van der Waals surface area contributed by atoms with Crippen molar-refractivity contribution >= 4 is 0 Å². The molecule has 0 aliphatic rings. The molecular weight excluding hydrogens is 262 g/mol. The summed E-state index contributed by atoms with van der Waals surface area (Å²) in [5.74, 6) is 1.22. The van der Waals surface area contributed by atoms with E-state index in [1.54, 1.807) is 12.4 Å². The molecule has 0 aliphatic heterocycles. The fourth-order valence-electron chi connectivity index (χ4n) is 1.96. The lowest BCUT2D eigenvalue weighted by Crippen LogP contribution is -2.21. The van der Waals surface area contributed by atoms with Crippen molar-refractivity contribution in [2.75, 3.05) is 0 Å². The Morgan fingerprint density at radius 1 is 1.05 bits per heavy atom. The second-order valence-corrected chi connectivity index (χ2v) is 5.70. The highest BCUT2D eigenvalue weighted by molar-refractivity contribution is 5.37. The molecule has 1 aromatic heterocycles. The Bertz CT molecular complexity index is 565. The summed E-state index contributed by atoms with van der Waals surface area (Å²) in [6.45, 7) is 9.27. The van der Waals surface area contributed by atoms with Crippen LogP contribution in [0.15, 0.2) is 36.7 Å². The van der Waals surface area contributed by atoms with Crippen molar-refractivity contribution in [2.45, 2.75) is 46.2 Å². The van der Waals surface area contributed by atoms with Gasteiger partial charge in [-0.2, -0.15) is 0 Å². The van der Waals surface area contributed by atoms with E-state index in [-0.39, 0.29) is 0 Å². The molecule has 0 radical (unpaired) electrons. The summed E-state index contributed by atoms with van der Waals surface area (Å²) in [6, 6.07) is 8.83. The van der Waals surface area contributed by atoms with E-state index in [0.717, 1.165) is 23.4 Å². The molecule has 1 N–H and O–H groups in total. The first-order valence-corrected chi connectivity index (χ1v) is 7.37. The van der Waals surface area contributed by atoms with Gasteiger partial charge in [-0.25, -0.2) is 9.97 Å². The van der Waals surface area contributed by atoms with E-state index in [9.17, 15) is 0 Å². The van der Waals surface area contributed by atoms with E-state index in [0.29, 0.717) is 18.0 Å². The van der Waals surface area contributed by atoms with E-state index >= 15 is 0 Å². The Hall–Kier alpha value is -1.94. The first-order valence-electron chi connectivity index (χ1n) is 7.37. The molecule has 2 aromatic rings. The van der Waals surface area contributed by atoms with Crippen LogP contribution in [0.2, 0.25) is 0 Å². The quantitative estimate of drug-likeness (QED) is 0.874. The molecule has 0 saturated heterocycles. The number of hydrogen-bond acceptors (Lipinski definition) is 4. The molecule has 0 spiro atoms. The molecule has 112 valence electrons. The molecule has 4 heteroatoms. The van der Waals surface area contributed by atoms with Crippen molar-refractivity contribution in [2.24, 2.45) is 0 Å². The highest BCUT2D eigenvalue weighted by atomic mass is 16.5. The van der Waals surface area contributed by atoms with Gasteiger partial charge in [0.15, 0.2) is 0 Å². The number of ether oxygens (including phenoxy) is 1. The van der Waals surface area contributed by atoms with Gasteiger partial charge in [0, 0.05) is 30.5 Å². The third kappa shape index (κ3) is 4.53. The Morgan fingerprint density at radius 2 is 1.71 bits per heavy atom. The largest absolute Gasteiger partial charge is 0.424 e. The molecule has 4 nitrogen and oxygen atoms in total. The zero-order chi connectivity index (χ0) is 15.2. The second kappa shape index (κ2) is 7.18. The molecule has 0 aliphatic carbocycles. The smallest absolute Gasteiger partial charge is 0.321 e. The summed E-state index contributed by atoms with van der Waals surface area (Å²) < 4.78 is 5.81. The lowest BCUT2D eigenvalue weighted by atomic mass is 10.0. The molecule has 2 rings (SSSR count). The Kier molecular flexibility index (Phi) is 5.28. The van der Waals surface area contributed by atoms with Gasteiger partial charge in [0.1, 0.15) is 5.75 Å². The van der Waals surface area contributed by atoms with Crippen LogP contribution < -0.4 is 10.1 Å². The van der Waals surface area contributed by atoms with Crippen LogP contribution >= 0.6 is 0 Å². The minimum Gasteiger partial charge on any atom is -0.424 e. The van der Waals surface area contributed by atoms with Crippen molar-refractivity contribution in [3.8, 4) is 11.8 Å². The number of para-hydroxylation sites is 1. The van der Waals surface area contributed by atoms with Crippen LogP contribution in [0.25, 0.3) is 0 Å². The number of nitrogens with zero attached hydrogens (tertiary/aromatic N) is 2. The van der Waals surface area contributed by atoms with Crippen molar-refractivity contribution in [3.63, 3.8) is 0 Å². The molecular formula is C17H23N3O. The maximum atomic E-state index is 5.81. The van der Waals surface area contributed by atoms with Crippen molar-refractivity contribution in [1.29, 1.82) is 0 Å². The SMILES string of the molecule is CC(C)NCc1cnc(Oc2ccccc2C(C)C)nc1. The fourth-order valence-corrected chi connectivity index (χ4v) is 1.96. The maximum absolute atomic E-state index is 5.81. The van der Waals surface area contributed by atoms with E-state index in [1.807, 2.05) is 18.2 Å². The second-order valence-electron chi connectivity index (χ2n) is 5.70. The van der Waals surface area contributed by atoms with Gasteiger partial charge in [-0.3, -0.25) is 0 Å². The summed E-state index contributed by atoms with van der Waals surface area (Å²) in [4.78, 5) is 8.56. The number of rotatable bonds is 6. The number of benzene rings is 1. The first kappa shape index (κ1) is 15.4. The molecule has 1 aromatic carbocycles. The van der Waals surface area contributed by atoms with Crippen LogP contribution in [-0.2, 0) is 6.54 Å². The van der Waals surface area contributed by atoms with Gasteiger partial charge in [-0.05, 0) is 17.5 Å². The summed E-state index contributed by atoms with van der Waals surface area (Å²) in [7, 11) is 0. The average Bonchev–Trinajstić information content (AvgIpc) is 2.47. The Balaban J connectivity index is 2.07. The van der Waals surface area contributed by atoms with Crippen molar-refractivity contribution in [3.05, 3.63) is 47.8 Å². The normalized spacial score (nSPS) is 11.1. The predicted octanol–water partition coefficient (Wildman–Crippen LogP) is 3.89. The van der Waals surface area contributed by atoms with Gasteiger partial charge in [-0.15, -0.1) is 0 Å². The van der Waals surface area contributed by atoms with Crippen LogP contribution in [-0.4, -0.2) is 16.0 Å². The minimum atomic E-state index is 0.386. The monoisotopic (exact) mass is 285 g/mol. The highest BCUT2D eigenvalue weighted by Crippen LogP contribution is 2.28. The van der Waals surface area contributed by atoms with E-state index in [1.165, 1.54) is 0 Å². The summed E-state index contributed by atoms with van der Waals surface area (Å²) >= 11 is 0. The molecule has 1 heterocycles. The van der Waals surface area contributed by atoms with Crippen LogP contribution in [0.1, 0.15) is 44.7 Å². The van der Waals surface area contributed by atoms with Crippen LogP contribution in [0, 0.1) is 0 Å². The molecule has 0 unspecified atom stereocenters. The van der Waals surface area contributed by atoms with Gasteiger partial charge in [-0.1, -0.05) is 45.9 Å². The summed E-state index contributed by atoms with van der Waals surface area (Å²) in [5, 5.41) is 3.33. The molecule has 0 bridgehead atoms. The molecule has 0 atom stereocenters. The van der Waals surface area contributed by atoms with Gasteiger partial charge < -0.3 is 10.1 Å². The zero-order valence-corrected chi connectivity index (χ0v) is 13.1. The standard InChI is InChI=1S/C17H23N3O/c1-12(2)15-7-5-6-8-16(15)21-17-19-10-14(11-20-17)9-18-13(3)4/h5-8,10-13,18H,9H2,1-4H3. The fraction of sp³-hybridized carbons (Fsp3) is 0.412. The first-order chi connectivity index (χ1) is 10.1. The van der Waals surface area contributed by atoms with E-state index in [4.69, 9.17) is 4.74 Å². The predicted molar refractivity (Wildman–Crippen MR) is 84.6 cm³/mol. The molecule has 0 amide bonds. The lowest BCUT2D eigenvalue weighted by Gasteiger charge is -2.12. The summed E-state index contributed by atoms with van der Waals surface area (Å²) in [5.41, 5.74) is 2.21. The van der Waals surface area contributed by atoms with Gasteiger partial charge in [0.05, 0.1) is 0 Å². The zero-order valence-electron chi connectivity index (χ0n) is 13.1. The van der Waals surface area contributed by atoms with Gasteiger partial charge in [0.2, 0.25) is 0 Å². The highest BCUT2D eigenvalue weighted by Gasteiger charge is 2.09. The van der Waals surface area contributed by atoms with Gasteiger partial charge >= 0.3 is 6.01 Å². The van der Waals surface area contributed by atoms with Crippen LogP contribution in [0.4, 0.5) is 0 Å². The third-order valence-corrected chi connectivity index (χ3v) is 3.14. The number of nitrogens with one attached hydrogen (secondary N) is 1. The lowest BCUT2D eigenvalue weighted by molar-refractivity contribution is 0.433. The van der Waals surface area contributed by atoms with Crippen LogP contribution in [0.5, 0.6) is 11.8 Å². The van der Waals surface area contributed by atoms with E-state index < -0.39 is 0 Å². The third-order valence-electron chi connectivity index (χ3n) is 3.14. The van der Waals surface area contributed by atoms with Gasteiger partial charge in [0.25, 0.3) is 0 Å². The van der Waals surface area contributed by atoms with Crippen LogP contribution in [0.3, 0.4) is 0 Å². The summed E-state index contributed by atoms with van der Waals surface area (Å²) in [6.07, 6.45) is 3.60. The topological polar surface area (TPSA) is 47.0 Å². The average molecular weight is 285 g/mol. The number of aromatic nitrogens is 2. The Labute approximate surface area is 126 Å². The van der Waals surface area contributed by atoms with E-state index in [2.05, 4.69) is 49.0 Å². The number of hydrogen-bond donors (Lipinski definition) is 1. The maximum Gasteiger partial charge on any atom is 0.321 e. The Morgan fingerprint density at radius 3 is 2.33 bits per heavy atom. The van der Waals surface area contributed by atoms with Crippen molar-refractivity contribution in [1.82, 2.24) is 15.3 Å². The molecule has 0 fully saturated rings. The van der Waals surface area contributed by atoms with Crippen molar-refractivity contribution < 1.29 is 4.74 Å². The molecule has 21 heavy (non-hydrogen) atoms. The molecule has 0 saturated carbocycles.